The third-order valence-corrected chi connectivity index (χ3v) is 8.67. The number of carbonyl (C=O) groups is 1. The van der Waals surface area contributed by atoms with E-state index in [1.54, 1.807) is 14.2 Å². The maximum Gasteiger partial charge on any atom is 0.330 e. The summed E-state index contributed by atoms with van der Waals surface area (Å²) in [5.41, 5.74) is 3.37. The van der Waals surface area contributed by atoms with Gasteiger partial charge in [-0.05, 0) is 69.1 Å². The van der Waals surface area contributed by atoms with Crippen molar-refractivity contribution in [3.8, 4) is 5.75 Å². The third-order valence-electron chi connectivity index (χ3n) is 8.67. The Morgan fingerprint density at radius 2 is 1.83 bits per heavy atom. The first-order valence-electron chi connectivity index (χ1n) is 17.1. The van der Waals surface area contributed by atoms with Crippen LogP contribution in [0.15, 0.2) is 96.7 Å². The molecule has 0 saturated heterocycles. The molecule has 0 fully saturated rings. The zero-order valence-electron chi connectivity index (χ0n) is 29.1. The highest BCUT2D eigenvalue weighted by Crippen LogP contribution is 2.27. The van der Waals surface area contributed by atoms with Gasteiger partial charge in [-0.15, -0.1) is 0 Å². The fraction of sp³-hybridized carbons (Fsp3) is 0.525. The number of rotatable bonds is 10. The summed E-state index contributed by atoms with van der Waals surface area (Å²) < 4.78 is 41.5. The lowest BCUT2D eigenvalue weighted by Crippen LogP contribution is -2.32. The van der Waals surface area contributed by atoms with Gasteiger partial charge in [0.25, 0.3) is 0 Å². The van der Waals surface area contributed by atoms with Crippen LogP contribution in [0.1, 0.15) is 64.4 Å². The van der Waals surface area contributed by atoms with Gasteiger partial charge in [0.15, 0.2) is 0 Å². The highest BCUT2D eigenvalue weighted by molar-refractivity contribution is 5.82. The van der Waals surface area contributed by atoms with E-state index < -0.39 is 18.2 Å². The predicted octanol–water partition coefficient (Wildman–Crippen LogP) is 7.76. The van der Waals surface area contributed by atoms with Crippen molar-refractivity contribution in [2.75, 3.05) is 27.6 Å². The Morgan fingerprint density at radius 1 is 1.02 bits per heavy atom. The molecule has 8 nitrogen and oxygen atoms in total. The average molecular weight is 663 g/mol. The second-order valence-electron chi connectivity index (χ2n) is 13.0. The second-order valence-corrected chi connectivity index (χ2v) is 13.0. The Bertz CT molecular complexity index is 1290. The summed E-state index contributed by atoms with van der Waals surface area (Å²) in [5, 5.41) is 0. The molecule has 3 aliphatic heterocycles. The quantitative estimate of drug-likeness (QED) is 0.143. The summed E-state index contributed by atoms with van der Waals surface area (Å²) >= 11 is 0. The van der Waals surface area contributed by atoms with Crippen LogP contribution in [0.4, 0.5) is 0 Å². The van der Waals surface area contributed by atoms with E-state index in [4.69, 9.17) is 33.2 Å². The SMILES string of the molecule is C=C1C[C@H](C)C[C@@H]2CC=C[C@@H](C/C=C/C(=O)O[C@H]([C@H](/C=C/[C@@H]3CC(C)=CCO3)OCc3ccc(OC)cc3)C/C=C/[C@H](OCOC)C1)O2. The average Bonchev–Trinajstić information content (AvgIpc) is 3.06. The van der Waals surface area contributed by atoms with Crippen molar-refractivity contribution in [2.24, 2.45) is 5.92 Å². The van der Waals surface area contributed by atoms with E-state index >= 15 is 0 Å². The molecule has 8 heteroatoms. The Morgan fingerprint density at radius 3 is 2.60 bits per heavy atom. The van der Waals surface area contributed by atoms with Crippen LogP contribution >= 0.6 is 0 Å². The van der Waals surface area contributed by atoms with Gasteiger partial charge in [-0.25, -0.2) is 4.79 Å². The number of hydrogen-bond donors (Lipinski definition) is 0. The van der Waals surface area contributed by atoms with Crippen molar-refractivity contribution in [1.29, 1.82) is 0 Å². The molecule has 0 amide bonds. The number of cyclic esters (lactones) is 1. The Hall–Kier alpha value is -3.27. The van der Waals surface area contributed by atoms with Gasteiger partial charge in [0.2, 0.25) is 0 Å². The molecule has 1 aromatic carbocycles. The molecule has 262 valence electrons. The molecule has 3 heterocycles. The fourth-order valence-electron chi connectivity index (χ4n) is 6.18. The molecule has 0 unspecified atom stereocenters. The minimum Gasteiger partial charge on any atom is -0.497 e. The van der Waals surface area contributed by atoms with Crippen LogP contribution in [0.2, 0.25) is 0 Å². The number of fused-ring (bicyclic) bond motifs is 2. The standard InChI is InChI=1S/C40H54O8/c1-29-21-22-44-36(24-29)19-20-38(45-27-32-15-17-33(43-5)18-16-32)39-13-7-11-35(46-28-42-4)25-30(2)23-31(3)26-37-12-6-9-34(47-37)10-8-14-40(41)48-39/h6-9,11,14-21,31,34-39H,2,10,12-13,22-28H2,1,3-5H3/b11-7+,14-8+,20-19+/t31-,34-,35-,36+,37-,38-,39-/m0/s1. The van der Waals surface area contributed by atoms with Crippen molar-refractivity contribution >= 4 is 5.97 Å². The second kappa shape index (κ2) is 20.3. The lowest BCUT2D eigenvalue weighted by atomic mass is 9.91. The van der Waals surface area contributed by atoms with Crippen molar-refractivity contribution in [1.82, 2.24) is 0 Å². The van der Waals surface area contributed by atoms with E-state index in [1.807, 2.05) is 54.6 Å². The summed E-state index contributed by atoms with van der Waals surface area (Å²) in [6.07, 6.45) is 21.5. The maximum atomic E-state index is 13.3. The number of benzene rings is 1. The van der Waals surface area contributed by atoms with Gasteiger partial charge in [-0.2, -0.15) is 0 Å². The first-order valence-corrected chi connectivity index (χ1v) is 17.1. The summed E-state index contributed by atoms with van der Waals surface area (Å²) in [7, 11) is 3.25. The van der Waals surface area contributed by atoms with Crippen LogP contribution in [0.3, 0.4) is 0 Å². The summed E-state index contributed by atoms with van der Waals surface area (Å²) in [5.74, 6) is 0.757. The molecule has 0 aliphatic carbocycles. The summed E-state index contributed by atoms with van der Waals surface area (Å²) in [4.78, 5) is 13.3. The van der Waals surface area contributed by atoms with Crippen LogP contribution in [-0.2, 0) is 39.8 Å². The highest BCUT2D eigenvalue weighted by atomic mass is 16.7. The molecule has 0 N–H and O–H groups in total. The zero-order chi connectivity index (χ0) is 34.1. The molecule has 3 aliphatic rings. The van der Waals surface area contributed by atoms with Gasteiger partial charge in [0.05, 0.1) is 44.7 Å². The minimum atomic E-state index is -0.617. The fourth-order valence-corrected chi connectivity index (χ4v) is 6.18. The van der Waals surface area contributed by atoms with E-state index in [2.05, 4.69) is 38.7 Å². The van der Waals surface area contributed by atoms with E-state index in [0.29, 0.717) is 38.4 Å². The lowest BCUT2D eigenvalue weighted by Gasteiger charge is -2.28. The minimum absolute atomic E-state index is 0.0795. The van der Waals surface area contributed by atoms with Crippen molar-refractivity contribution in [3.63, 3.8) is 0 Å². The Kier molecular flexibility index (Phi) is 15.9. The van der Waals surface area contributed by atoms with Crippen LogP contribution in [0, 0.1) is 5.92 Å². The number of hydrogen-bond acceptors (Lipinski definition) is 8. The molecule has 0 spiro atoms. The molecule has 0 saturated carbocycles. The number of carbonyl (C=O) groups excluding carboxylic acids is 1. The number of methoxy groups -OCH3 is 2. The van der Waals surface area contributed by atoms with Crippen LogP contribution in [-0.4, -0.2) is 70.2 Å². The van der Waals surface area contributed by atoms with Gasteiger partial charge >= 0.3 is 5.97 Å². The number of esters is 1. The first kappa shape index (κ1) is 37.5. The van der Waals surface area contributed by atoms with Gasteiger partial charge in [-0.1, -0.05) is 85.4 Å². The molecule has 4 rings (SSSR count). The molecular formula is C40H54O8. The molecule has 2 bridgehead atoms. The van der Waals surface area contributed by atoms with Crippen LogP contribution in [0.25, 0.3) is 0 Å². The normalized spacial score (nSPS) is 29.7. The lowest BCUT2D eigenvalue weighted by molar-refractivity contribution is -0.149. The predicted molar refractivity (Wildman–Crippen MR) is 188 cm³/mol. The topological polar surface area (TPSA) is 81.7 Å². The van der Waals surface area contributed by atoms with Gasteiger partial charge in [0, 0.05) is 19.6 Å². The van der Waals surface area contributed by atoms with E-state index in [-0.39, 0.29) is 31.2 Å². The molecule has 0 radical (unpaired) electrons. The Labute approximate surface area is 287 Å². The maximum absolute atomic E-state index is 13.3. The number of ether oxygens (including phenoxy) is 7. The Balaban J connectivity index is 1.59. The monoisotopic (exact) mass is 662 g/mol. The smallest absolute Gasteiger partial charge is 0.330 e. The van der Waals surface area contributed by atoms with Crippen LogP contribution < -0.4 is 4.74 Å². The van der Waals surface area contributed by atoms with Gasteiger partial charge in [-0.3, -0.25) is 0 Å². The van der Waals surface area contributed by atoms with Crippen LogP contribution in [0.5, 0.6) is 5.75 Å². The molecular weight excluding hydrogens is 608 g/mol. The third kappa shape index (κ3) is 13.3. The zero-order valence-corrected chi connectivity index (χ0v) is 29.1. The van der Waals surface area contributed by atoms with E-state index in [9.17, 15) is 4.79 Å². The largest absolute Gasteiger partial charge is 0.497 e. The molecule has 0 aromatic heterocycles. The molecule has 7 atom stereocenters. The van der Waals surface area contributed by atoms with E-state index in [0.717, 1.165) is 42.6 Å². The van der Waals surface area contributed by atoms with E-state index in [1.165, 1.54) is 11.6 Å². The van der Waals surface area contributed by atoms with Gasteiger partial charge < -0.3 is 33.2 Å². The summed E-state index contributed by atoms with van der Waals surface area (Å²) in [6, 6.07) is 7.74. The first-order chi connectivity index (χ1) is 23.3. The summed E-state index contributed by atoms with van der Waals surface area (Å²) in [6.45, 7) is 9.79. The van der Waals surface area contributed by atoms with Gasteiger partial charge in [0.1, 0.15) is 24.8 Å². The molecule has 1 aromatic rings. The van der Waals surface area contributed by atoms with Crippen molar-refractivity contribution in [2.45, 2.75) is 102 Å². The highest BCUT2D eigenvalue weighted by Gasteiger charge is 2.25. The molecule has 48 heavy (non-hydrogen) atoms. The van der Waals surface area contributed by atoms with Crippen molar-refractivity contribution < 1.29 is 38.0 Å². The van der Waals surface area contributed by atoms with Crippen molar-refractivity contribution in [3.05, 3.63) is 102 Å².